The molecule has 0 atom stereocenters. The van der Waals surface area contributed by atoms with Crippen LogP contribution in [0.1, 0.15) is 37.4 Å². The standard InChI is InChI=1S/C18H17ClO5/c1-10-12(8-11-4-6-13(19)7-5-11)9-14(17(21)23-2)16(20)15(10)18(22)24-3/h4-7,9,20H,8H2,1-3H3. The number of ether oxygens (including phenoxy) is 2. The minimum atomic E-state index is -0.727. The first-order valence-electron chi connectivity index (χ1n) is 7.15. The van der Waals surface area contributed by atoms with Crippen LogP contribution in [0.15, 0.2) is 30.3 Å². The Hall–Kier alpha value is -2.53. The summed E-state index contributed by atoms with van der Waals surface area (Å²) >= 11 is 5.88. The van der Waals surface area contributed by atoms with Gasteiger partial charge in [0.1, 0.15) is 16.9 Å². The zero-order valence-electron chi connectivity index (χ0n) is 13.6. The maximum Gasteiger partial charge on any atom is 0.341 e. The molecule has 0 bridgehead atoms. The third-order valence-electron chi connectivity index (χ3n) is 3.77. The fourth-order valence-electron chi connectivity index (χ4n) is 2.45. The van der Waals surface area contributed by atoms with Gasteiger partial charge in [-0.3, -0.25) is 0 Å². The van der Waals surface area contributed by atoms with Crippen molar-refractivity contribution < 1.29 is 24.2 Å². The van der Waals surface area contributed by atoms with Crippen LogP contribution in [0.3, 0.4) is 0 Å². The molecular formula is C18H17ClO5. The molecule has 0 fully saturated rings. The number of hydrogen-bond donors (Lipinski definition) is 1. The van der Waals surface area contributed by atoms with Crippen molar-refractivity contribution in [2.24, 2.45) is 0 Å². The van der Waals surface area contributed by atoms with E-state index in [9.17, 15) is 14.7 Å². The topological polar surface area (TPSA) is 72.8 Å². The number of hydrogen-bond acceptors (Lipinski definition) is 5. The Kier molecular flexibility index (Phi) is 5.46. The van der Waals surface area contributed by atoms with Gasteiger partial charge in [0.05, 0.1) is 14.2 Å². The molecule has 0 amide bonds. The molecule has 6 heteroatoms. The van der Waals surface area contributed by atoms with Crippen molar-refractivity contribution >= 4 is 23.5 Å². The number of halogens is 1. The molecule has 24 heavy (non-hydrogen) atoms. The number of esters is 2. The molecule has 2 aromatic carbocycles. The molecule has 0 aliphatic heterocycles. The summed E-state index contributed by atoms with van der Waals surface area (Å²) in [6, 6.07) is 8.75. The van der Waals surface area contributed by atoms with E-state index in [0.717, 1.165) is 5.56 Å². The van der Waals surface area contributed by atoms with Crippen molar-refractivity contribution in [3.05, 3.63) is 63.2 Å². The van der Waals surface area contributed by atoms with Gasteiger partial charge in [-0.25, -0.2) is 9.59 Å². The van der Waals surface area contributed by atoms with E-state index in [0.29, 0.717) is 22.6 Å². The van der Waals surface area contributed by atoms with E-state index in [1.807, 2.05) is 12.1 Å². The molecule has 0 spiro atoms. The fourth-order valence-corrected chi connectivity index (χ4v) is 2.57. The smallest absolute Gasteiger partial charge is 0.341 e. The lowest BCUT2D eigenvalue weighted by Gasteiger charge is -2.15. The summed E-state index contributed by atoms with van der Waals surface area (Å²) in [5.41, 5.74) is 2.08. The average molecular weight is 349 g/mol. The van der Waals surface area contributed by atoms with Crippen LogP contribution in [0.2, 0.25) is 5.02 Å². The molecular weight excluding hydrogens is 332 g/mol. The van der Waals surface area contributed by atoms with Gasteiger partial charge in [-0.1, -0.05) is 23.7 Å². The summed E-state index contributed by atoms with van der Waals surface area (Å²) in [4.78, 5) is 23.9. The van der Waals surface area contributed by atoms with Crippen molar-refractivity contribution in [3.8, 4) is 5.75 Å². The second-order valence-corrected chi connectivity index (χ2v) is 5.65. The second kappa shape index (κ2) is 7.36. The Labute approximate surface area is 144 Å². The average Bonchev–Trinajstić information content (AvgIpc) is 2.58. The molecule has 1 N–H and O–H groups in total. The number of phenols is 1. The van der Waals surface area contributed by atoms with Crippen LogP contribution in [-0.2, 0) is 15.9 Å². The Morgan fingerprint density at radius 3 is 2.21 bits per heavy atom. The van der Waals surface area contributed by atoms with Gasteiger partial charge in [0, 0.05) is 5.02 Å². The fraction of sp³-hybridized carbons (Fsp3) is 0.222. The molecule has 0 aliphatic rings. The summed E-state index contributed by atoms with van der Waals surface area (Å²) in [7, 11) is 2.42. The Bertz CT molecular complexity index is 781. The van der Waals surface area contributed by atoms with E-state index in [-0.39, 0.29) is 11.1 Å². The normalized spacial score (nSPS) is 10.3. The summed E-state index contributed by atoms with van der Waals surface area (Å²) in [6.07, 6.45) is 0.456. The minimum absolute atomic E-state index is 0.0376. The number of aromatic hydroxyl groups is 1. The van der Waals surface area contributed by atoms with Crippen molar-refractivity contribution in [1.29, 1.82) is 0 Å². The predicted octanol–water partition coefficient (Wildman–Crippen LogP) is 3.52. The third-order valence-corrected chi connectivity index (χ3v) is 4.02. The van der Waals surface area contributed by atoms with Gasteiger partial charge in [0.25, 0.3) is 0 Å². The monoisotopic (exact) mass is 348 g/mol. The summed E-state index contributed by atoms with van der Waals surface area (Å²) in [6.45, 7) is 1.69. The summed E-state index contributed by atoms with van der Waals surface area (Å²) in [5, 5.41) is 10.9. The minimum Gasteiger partial charge on any atom is -0.506 e. The highest BCUT2D eigenvalue weighted by atomic mass is 35.5. The maximum absolute atomic E-state index is 12.0. The van der Waals surface area contributed by atoms with E-state index in [1.54, 1.807) is 19.1 Å². The van der Waals surface area contributed by atoms with Crippen LogP contribution in [0.5, 0.6) is 5.75 Å². The number of rotatable bonds is 4. The van der Waals surface area contributed by atoms with Crippen molar-refractivity contribution in [3.63, 3.8) is 0 Å². The molecule has 0 heterocycles. The van der Waals surface area contributed by atoms with Crippen LogP contribution < -0.4 is 0 Å². The van der Waals surface area contributed by atoms with Crippen LogP contribution in [0.25, 0.3) is 0 Å². The summed E-state index contributed by atoms with van der Waals surface area (Å²) in [5.74, 6) is -1.88. The van der Waals surface area contributed by atoms with Crippen LogP contribution in [-0.4, -0.2) is 31.3 Å². The quantitative estimate of drug-likeness (QED) is 0.856. The Morgan fingerprint density at radius 1 is 1.08 bits per heavy atom. The zero-order valence-corrected chi connectivity index (χ0v) is 14.3. The van der Waals surface area contributed by atoms with Gasteiger partial charge in [-0.05, 0) is 48.2 Å². The lowest BCUT2D eigenvalue weighted by atomic mass is 9.93. The SMILES string of the molecule is COC(=O)c1cc(Cc2ccc(Cl)cc2)c(C)c(C(=O)OC)c1O. The first-order chi connectivity index (χ1) is 11.4. The maximum atomic E-state index is 12.0. The molecule has 0 saturated carbocycles. The number of phenolic OH excluding ortho intramolecular Hbond substituents is 1. The van der Waals surface area contributed by atoms with E-state index in [2.05, 4.69) is 4.74 Å². The van der Waals surface area contributed by atoms with Crippen molar-refractivity contribution in [2.45, 2.75) is 13.3 Å². The van der Waals surface area contributed by atoms with E-state index in [1.165, 1.54) is 20.3 Å². The number of benzene rings is 2. The Morgan fingerprint density at radius 2 is 1.67 bits per heavy atom. The largest absolute Gasteiger partial charge is 0.506 e. The van der Waals surface area contributed by atoms with Crippen molar-refractivity contribution in [1.82, 2.24) is 0 Å². The molecule has 0 saturated heterocycles. The van der Waals surface area contributed by atoms with Crippen LogP contribution in [0.4, 0.5) is 0 Å². The van der Waals surface area contributed by atoms with Gasteiger partial charge >= 0.3 is 11.9 Å². The van der Waals surface area contributed by atoms with Gasteiger partial charge in [0.15, 0.2) is 0 Å². The molecule has 2 aromatic rings. The van der Waals surface area contributed by atoms with Gasteiger partial charge in [0.2, 0.25) is 0 Å². The predicted molar refractivity (Wildman–Crippen MR) is 89.8 cm³/mol. The summed E-state index contributed by atoms with van der Waals surface area (Å²) < 4.78 is 9.40. The second-order valence-electron chi connectivity index (χ2n) is 5.22. The van der Waals surface area contributed by atoms with E-state index >= 15 is 0 Å². The van der Waals surface area contributed by atoms with Crippen molar-refractivity contribution in [2.75, 3.05) is 14.2 Å². The first-order valence-corrected chi connectivity index (χ1v) is 7.53. The molecule has 0 unspecified atom stereocenters. The number of methoxy groups -OCH3 is 2. The molecule has 5 nitrogen and oxygen atoms in total. The van der Waals surface area contributed by atoms with Gasteiger partial charge in [-0.15, -0.1) is 0 Å². The van der Waals surface area contributed by atoms with Crippen LogP contribution in [0, 0.1) is 6.92 Å². The lowest BCUT2D eigenvalue weighted by Crippen LogP contribution is -2.12. The molecule has 126 valence electrons. The third kappa shape index (κ3) is 3.51. The van der Waals surface area contributed by atoms with Gasteiger partial charge < -0.3 is 14.6 Å². The van der Waals surface area contributed by atoms with Gasteiger partial charge in [-0.2, -0.15) is 0 Å². The highest BCUT2D eigenvalue weighted by Gasteiger charge is 2.25. The lowest BCUT2D eigenvalue weighted by molar-refractivity contribution is 0.0592. The van der Waals surface area contributed by atoms with E-state index < -0.39 is 17.7 Å². The molecule has 2 rings (SSSR count). The zero-order chi connectivity index (χ0) is 17.9. The highest BCUT2D eigenvalue weighted by molar-refractivity contribution is 6.30. The first kappa shape index (κ1) is 17.8. The Balaban J connectivity index is 2.59. The van der Waals surface area contributed by atoms with Crippen LogP contribution >= 0.6 is 11.6 Å². The van der Waals surface area contributed by atoms with E-state index in [4.69, 9.17) is 16.3 Å². The molecule has 0 aliphatic carbocycles. The number of carbonyl (C=O) groups is 2. The molecule has 0 aromatic heterocycles. The number of carbonyl (C=O) groups excluding carboxylic acids is 2. The highest BCUT2D eigenvalue weighted by Crippen LogP contribution is 2.31. The molecule has 0 radical (unpaired) electrons.